The Balaban J connectivity index is 1.48. The van der Waals surface area contributed by atoms with Gasteiger partial charge in [-0.1, -0.05) is 17.7 Å². The SMILES string of the molecule is Cc1ccc(C(=O)N2CCN(C(=O)CCc3nnc(C)o3)CC2)cc1. The summed E-state index contributed by atoms with van der Waals surface area (Å²) in [4.78, 5) is 28.4. The first-order chi connectivity index (χ1) is 12.0. The van der Waals surface area contributed by atoms with E-state index in [0.29, 0.717) is 56.4 Å². The maximum atomic E-state index is 12.5. The molecule has 1 aromatic carbocycles. The number of nitrogens with zero attached hydrogens (tertiary/aromatic N) is 4. The summed E-state index contributed by atoms with van der Waals surface area (Å²) >= 11 is 0. The highest BCUT2D eigenvalue weighted by molar-refractivity contribution is 5.94. The van der Waals surface area contributed by atoms with E-state index in [4.69, 9.17) is 4.42 Å². The lowest BCUT2D eigenvalue weighted by atomic mass is 10.1. The molecular weight excluding hydrogens is 320 g/mol. The predicted octanol–water partition coefficient (Wildman–Crippen LogP) is 1.60. The number of amides is 2. The first-order valence-corrected chi connectivity index (χ1v) is 8.45. The third kappa shape index (κ3) is 4.23. The lowest BCUT2D eigenvalue weighted by Crippen LogP contribution is -2.50. The Kier molecular flexibility index (Phi) is 5.11. The van der Waals surface area contributed by atoms with Gasteiger partial charge in [-0.15, -0.1) is 10.2 Å². The minimum absolute atomic E-state index is 0.0217. The predicted molar refractivity (Wildman–Crippen MR) is 91.0 cm³/mol. The Morgan fingerprint density at radius 3 is 2.24 bits per heavy atom. The number of piperazine rings is 1. The minimum Gasteiger partial charge on any atom is -0.426 e. The van der Waals surface area contributed by atoms with E-state index in [0.717, 1.165) is 5.56 Å². The molecule has 0 saturated carbocycles. The largest absolute Gasteiger partial charge is 0.426 e. The fourth-order valence-electron chi connectivity index (χ4n) is 2.85. The molecule has 1 saturated heterocycles. The van der Waals surface area contributed by atoms with Gasteiger partial charge >= 0.3 is 0 Å². The molecule has 0 radical (unpaired) electrons. The van der Waals surface area contributed by atoms with Crippen molar-refractivity contribution in [1.82, 2.24) is 20.0 Å². The van der Waals surface area contributed by atoms with E-state index in [1.165, 1.54) is 0 Å². The van der Waals surface area contributed by atoms with Crippen molar-refractivity contribution in [2.75, 3.05) is 26.2 Å². The fraction of sp³-hybridized carbons (Fsp3) is 0.444. The molecule has 1 fully saturated rings. The summed E-state index contributed by atoms with van der Waals surface area (Å²) in [5, 5.41) is 7.65. The Hall–Kier alpha value is -2.70. The zero-order valence-electron chi connectivity index (χ0n) is 14.6. The summed E-state index contributed by atoms with van der Waals surface area (Å²) < 4.78 is 5.28. The monoisotopic (exact) mass is 342 g/mol. The third-order valence-corrected chi connectivity index (χ3v) is 4.34. The molecular formula is C18H22N4O3. The van der Waals surface area contributed by atoms with Crippen LogP contribution in [0.3, 0.4) is 0 Å². The topological polar surface area (TPSA) is 79.5 Å². The zero-order chi connectivity index (χ0) is 17.8. The number of rotatable bonds is 4. The van der Waals surface area contributed by atoms with Gasteiger partial charge in [-0.3, -0.25) is 9.59 Å². The molecule has 0 unspecified atom stereocenters. The van der Waals surface area contributed by atoms with E-state index in [1.807, 2.05) is 31.2 Å². The Labute approximate surface area is 146 Å². The third-order valence-electron chi connectivity index (χ3n) is 4.34. The van der Waals surface area contributed by atoms with Crippen LogP contribution in [0.5, 0.6) is 0 Å². The molecule has 0 atom stereocenters. The lowest BCUT2D eigenvalue weighted by Gasteiger charge is -2.34. The molecule has 0 bridgehead atoms. The maximum absolute atomic E-state index is 12.5. The standard InChI is InChI=1S/C18H22N4O3/c1-13-3-5-15(6-4-13)18(24)22-11-9-21(10-12-22)17(23)8-7-16-20-19-14(2)25-16/h3-6H,7-12H2,1-2H3. The van der Waals surface area contributed by atoms with Crippen LogP contribution in [-0.4, -0.2) is 58.0 Å². The maximum Gasteiger partial charge on any atom is 0.253 e. The number of carbonyl (C=O) groups is 2. The Morgan fingerprint density at radius 1 is 1.00 bits per heavy atom. The normalized spacial score (nSPS) is 14.6. The molecule has 7 heteroatoms. The molecule has 0 spiro atoms. The summed E-state index contributed by atoms with van der Waals surface area (Å²) in [7, 11) is 0. The van der Waals surface area contributed by atoms with Crippen molar-refractivity contribution >= 4 is 11.8 Å². The van der Waals surface area contributed by atoms with Gasteiger partial charge in [-0.25, -0.2) is 0 Å². The molecule has 3 rings (SSSR count). The van der Waals surface area contributed by atoms with Crippen molar-refractivity contribution in [3.05, 3.63) is 47.2 Å². The van der Waals surface area contributed by atoms with Crippen molar-refractivity contribution in [2.24, 2.45) is 0 Å². The number of hydrogen-bond acceptors (Lipinski definition) is 5. The van der Waals surface area contributed by atoms with Crippen molar-refractivity contribution in [3.8, 4) is 0 Å². The molecule has 0 N–H and O–H groups in total. The van der Waals surface area contributed by atoms with Crippen LogP contribution in [0.1, 0.15) is 34.1 Å². The van der Waals surface area contributed by atoms with Crippen LogP contribution in [0.15, 0.2) is 28.7 Å². The van der Waals surface area contributed by atoms with Crippen LogP contribution in [0.25, 0.3) is 0 Å². The average molecular weight is 342 g/mol. The van der Waals surface area contributed by atoms with Gasteiger partial charge in [0.15, 0.2) is 0 Å². The van der Waals surface area contributed by atoms with Gasteiger partial charge in [0.25, 0.3) is 5.91 Å². The smallest absolute Gasteiger partial charge is 0.253 e. The highest BCUT2D eigenvalue weighted by Crippen LogP contribution is 2.12. The second kappa shape index (κ2) is 7.46. The second-order valence-corrected chi connectivity index (χ2v) is 6.25. The van der Waals surface area contributed by atoms with E-state index in [9.17, 15) is 9.59 Å². The molecule has 7 nitrogen and oxygen atoms in total. The molecule has 0 aliphatic carbocycles. The number of benzene rings is 1. The Bertz CT molecular complexity index is 746. The highest BCUT2D eigenvalue weighted by Gasteiger charge is 2.24. The summed E-state index contributed by atoms with van der Waals surface area (Å²) in [6, 6.07) is 7.57. The molecule has 2 heterocycles. The van der Waals surface area contributed by atoms with Gasteiger partial charge in [-0.05, 0) is 19.1 Å². The summed E-state index contributed by atoms with van der Waals surface area (Å²) in [5.74, 6) is 1.07. The molecule has 25 heavy (non-hydrogen) atoms. The molecule has 1 aliphatic rings. The van der Waals surface area contributed by atoms with Crippen molar-refractivity contribution < 1.29 is 14.0 Å². The van der Waals surface area contributed by atoms with E-state index >= 15 is 0 Å². The number of carbonyl (C=O) groups excluding carboxylic acids is 2. The fourth-order valence-corrected chi connectivity index (χ4v) is 2.85. The van der Waals surface area contributed by atoms with Gasteiger partial charge in [0, 0.05) is 51.5 Å². The molecule has 132 valence electrons. The summed E-state index contributed by atoms with van der Waals surface area (Å²) in [5.41, 5.74) is 1.82. The Morgan fingerprint density at radius 2 is 1.64 bits per heavy atom. The quantitative estimate of drug-likeness (QED) is 0.843. The van der Waals surface area contributed by atoms with E-state index < -0.39 is 0 Å². The van der Waals surface area contributed by atoms with Crippen LogP contribution >= 0.6 is 0 Å². The van der Waals surface area contributed by atoms with Gasteiger partial charge < -0.3 is 14.2 Å². The summed E-state index contributed by atoms with van der Waals surface area (Å²) in [6.45, 7) is 5.94. The van der Waals surface area contributed by atoms with E-state index in [1.54, 1.807) is 16.7 Å². The van der Waals surface area contributed by atoms with Crippen LogP contribution in [0.2, 0.25) is 0 Å². The van der Waals surface area contributed by atoms with Gasteiger partial charge in [0.05, 0.1) is 0 Å². The first kappa shape index (κ1) is 17.1. The van der Waals surface area contributed by atoms with Crippen molar-refractivity contribution in [3.63, 3.8) is 0 Å². The highest BCUT2D eigenvalue weighted by atomic mass is 16.4. The zero-order valence-corrected chi connectivity index (χ0v) is 14.6. The average Bonchev–Trinajstić information content (AvgIpc) is 3.05. The summed E-state index contributed by atoms with van der Waals surface area (Å²) in [6.07, 6.45) is 0.787. The molecule has 1 aromatic heterocycles. The molecule has 2 amide bonds. The van der Waals surface area contributed by atoms with Crippen molar-refractivity contribution in [2.45, 2.75) is 26.7 Å². The van der Waals surface area contributed by atoms with Crippen molar-refractivity contribution in [1.29, 1.82) is 0 Å². The molecule has 1 aliphatic heterocycles. The minimum atomic E-state index is 0.0217. The number of aryl methyl sites for hydroxylation is 3. The number of hydrogen-bond donors (Lipinski definition) is 0. The van der Waals surface area contributed by atoms with Crippen LogP contribution < -0.4 is 0 Å². The van der Waals surface area contributed by atoms with E-state index in [-0.39, 0.29) is 11.8 Å². The van der Waals surface area contributed by atoms with Crippen LogP contribution in [0.4, 0.5) is 0 Å². The van der Waals surface area contributed by atoms with Gasteiger partial charge in [0.2, 0.25) is 17.7 Å². The van der Waals surface area contributed by atoms with Gasteiger partial charge in [0.1, 0.15) is 0 Å². The van der Waals surface area contributed by atoms with Crippen LogP contribution in [0, 0.1) is 13.8 Å². The van der Waals surface area contributed by atoms with Gasteiger partial charge in [-0.2, -0.15) is 0 Å². The lowest BCUT2D eigenvalue weighted by molar-refractivity contribution is -0.132. The van der Waals surface area contributed by atoms with Crippen LogP contribution in [-0.2, 0) is 11.2 Å². The second-order valence-electron chi connectivity index (χ2n) is 6.25. The first-order valence-electron chi connectivity index (χ1n) is 8.45. The van der Waals surface area contributed by atoms with E-state index in [2.05, 4.69) is 10.2 Å². The number of aromatic nitrogens is 2. The molecule has 2 aromatic rings.